The van der Waals surface area contributed by atoms with Gasteiger partial charge in [-0.15, -0.1) is 0 Å². The highest BCUT2D eigenvalue weighted by Crippen LogP contribution is 2.29. The van der Waals surface area contributed by atoms with Crippen molar-refractivity contribution in [2.75, 3.05) is 13.6 Å². The summed E-state index contributed by atoms with van der Waals surface area (Å²) >= 11 is 6.05. The lowest BCUT2D eigenvalue weighted by atomic mass is 9.98. The van der Waals surface area contributed by atoms with Crippen LogP contribution in [0.4, 0.5) is 4.39 Å². The summed E-state index contributed by atoms with van der Waals surface area (Å²) in [5.74, 6) is 0.272. The maximum absolute atomic E-state index is 14.0. The number of hydrogen-bond donors (Lipinski definition) is 0. The molecule has 1 aliphatic rings. The van der Waals surface area contributed by atoms with Crippen LogP contribution in [0.2, 0.25) is 5.02 Å². The van der Waals surface area contributed by atoms with Crippen molar-refractivity contribution < 1.29 is 13.9 Å². The molecule has 0 aromatic heterocycles. The van der Waals surface area contributed by atoms with Gasteiger partial charge in [-0.3, -0.25) is 4.79 Å². The van der Waals surface area contributed by atoms with E-state index in [0.717, 1.165) is 12.0 Å². The van der Waals surface area contributed by atoms with Crippen molar-refractivity contribution in [3.8, 4) is 5.75 Å². The van der Waals surface area contributed by atoms with E-state index in [0.29, 0.717) is 34.0 Å². The van der Waals surface area contributed by atoms with Gasteiger partial charge in [0.25, 0.3) is 5.91 Å². The minimum atomic E-state index is -0.340. The van der Waals surface area contributed by atoms with E-state index in [9.17, 15) is 9.18 Å². The van der Waals surface area contributed by atoms with Gasteiger partial charge in [0.05, 0.1) is 0 Å². The van der Waals surface area contributed by atoms with Crippen LogP contribution in [0.5, 0.6) is 5.75 Å². The highest BCUT2D eigenvalue weighted by atomic mass is 35.5. The zero-order valence-corrected chi connectivity index (χ0v) is 13.8. The molecule has 0 saturated carbocycles. The minimum Gasteiger partial charge on any atom is -0.488 e. The Bertz CT molecular complexity index is 776. The summed E-state index contributed by atoms with van der Waals surface area (Å²) in [6, 6.07) is 8.37. The number of benzene rings is 2. The van der Waals surface area contributed by atoms with Crippen LogP contribution >= 0.6 is 11.6 Å². The molecule has 2 aromatic carbocycles. The molecule has 0 atom stereocenters. The van der Waals surface area contributed by atoms with Crippen LogP contribution in [0.25, 0.3) is 0 Å². The Morgan fingerprint density at radius 3 is 2.91 bits per heavy atom. The first kappa shape index (κ1) is 15.8. The minimum absolute atomic E-state index is 0.0127. The molecule has 0 spiro atoms. The molecule has 23 heavy (non-hydrogen) atoms. The number of aryl methyl sites for hydroxylation is 1. The lowest BCUT2D eigenvalue weighted by molar-refractivity contribution is 0.0779. The van der Waals surface area contributed by atoms with Crippen molar-refractivity contribution in [3.05, 3.63) is 63.4 Å². The van der Waals surface area contributed by atoms with Gasteiger partial charge in [-0.2, -0.15) is 0 Å². The molecule has 1 heterocycles. The Morgan fingerprint density at radius 1 is 1.35 bits per heavy atom. The quantitative estimate of drug-likeness (QED) is 0.850. The van der Waals surface area contributed by atoms with Gasteiger partial charge in [-0.1, -0.05) is 17.7 Å². The van der Waals surface area contributed by atoms with Gasteiger partial charge in [-0.05, 0) is 43.2 Å². The molecule has 5 heteroatoms. The third-order valence-electron chi connectivity index (χ3n) is 4.12. The second-order valence-corrected chi connectivity index (χ2v) is 6.15. The largest absolute Gasteiger partial charge is 0.488 e. The molecule has 1 amide bonds. The molecule has 0 radical (unpaired) electrons. The van der Waals surface area contributed by atoms with Gasteiger partial charge in [0, 0.05) is 35.3 Å². The highest BCUT2D eigenvalue weighted by molar-refractivity contribution is 6.31. The maximum Gasteiger partial charge on any atom is 0.254 e. The molecule has 0 aliphatic carbocycles. The van der Waals surface area contributed by atoms with Crippen LogP contribution < -0.4 is 4.74 Å². The fraction of sp³-hybridized carbons (Fsp3) is 0.278. The predicted molar refractivity (Wildman–Crippen MR) is 87.6 cm³/mol. The van der Waals surface area contributed by atoms with E-state index in [4.69, 9.17) is 16.3 Å². The molecule has 120 valence electrons. The van der Waals surface area contributed by atoms with Crippen LogP contribution in [0.3, 0.4) is 0 Å². The molecule has 0 N–H and O–H groups in total. The number of amides is 1. The molecule has 1 aliphatic heterocycles. The van der Waals surface area contributed by atoms with E-state index in [-0.39, 0.29) is 18.3 Å². The summed E-state index contributed by atoms with van der Waals surface area (Å²) < 4.78 is 19.8. The van der Waals surface area contributed by atoms with Gasteiger partial charge >= 0.3 is 0 Å². The number of carbonyl (C=O) groups excluding carboxylic acids is 1. The van der Waals surface area contributed by atoms with Gasteiger partial charge in [0.1, 0.15) is 18.2 Å². The van der Waals surface area contributed by atoms with E-state index < -0.39 is 0 Å². The molecule has 2 aromatic rings. The number of ether oxygens (including phenoxy) is 1. The third kappa shape index (κ3) is 3.04. The molecular formula is C18H17ClFNO2. The van der Waals surface area contributed by atoms with Gasteiger partial charge in [0.2, 0.25) is 0 Å². The monoisotopic (exact) mass is 333 g/mol. The molecule has 0 bridgehead atoms. The SMILES string of the molecule is Cc1cc(F)c(COc2cccc3c2CCN(C)C3=O)cc1Cl. The van der Waals surface area contributed by atoms with E-state index in [1.165, 1.54) is 6.07 Å². The smallest absolute Gasteiger partial charge is 0.254 e. The lowest BCUT2D eigenvalue weighted by Crippen LogP contribution is -2.34. The van der Waals surface area contributed by atoms with E-state index in [1.54, 1.807) is 37.1 Å². The summed E-state index contributed by atoms with van der Waals surface area (Å²) in [4.78, 5) is 13.9. The third-order valence-corrected chi connectivity index (χ3v) is 4.53. The van der Waals surface area contributed by atoms with Crippen molar-refractivity contribution in [2.45, 2.75) is 20.0 Å². The fourth-order valence-corrected chi connectivity index (χ4v) is 2.89. The number of halogens is 2. The summed E-state index contributed by atoms with van der Waals surface area (Å²) in [7, 11) is 1.78. The standard InChI is InChI=1S/C18H17ClFNO2/c1-11-8-16(20)12(9-15(11)19)10-23-17-5-3-4-14-13(17)6-7-21(2)18(14)22/h3-5,8-9H,6-7,10H2,1-2H3. The average Bonchev–Trinajstić information content (AvgIpc) is 2.53. The lowest BCUT2D eigenvalue weighted by Gasteiger charge is -2.26. The fourth-order valence-electron chi connectivity index (χ4n) is 2.70. The molecule has 0 fully saturated rings. The number of carbonyl (C=O) groups is 1. The molecule has 0 unspecified atom stereocenters. The van der Waals surface area contributed by atoms with Gasteiger partial charge in [-0.25, -0.2) is 4.39 Å². The Morgan fingerprint density at radius 2 is 2.13 bits per heavy atom. The van der Waals surface area contributed by atoms with Crippen molar-refractivity contribution in [3.63, 3.8) is 0 Å². The zero-order valence-electron chi connectivity index (χ0n) is 13.0. The molecule has 0 saturated heterocycles. The first-order chi connectivity index (χ1) is 11.0. The Balaban J connectivity index is 1.85. The Labute approximate surface area is 139 Å². The number of fused-ring (bicyclic) bond motifs is 1. The summed E-state index contributed by atoms with van der Waals surface area (Å²) in [6.07, 6.45) is 0.727. The molecule has 3 nitrogen and oxygen atoms in total. The molecular weight excluding hydrogens is 317 g/mol. The Kier molecular flexibility index (Phi) is 4.26. The normalized spacial score (nSPS) is 13.9. The zero-order chi connectivity index (χ0) is 16.6. The van der Waals surface area contributed by atoms with Crippen LogP contribution in [0.1, 0.15) is 27.0 Å². The molecule has 3 rings (SSSR count). The topological polar surface area (TPSA) is 29.5 Å². The van der Waals surface area contributed by atoms with Crippen LogP contribution in [-0.2, 0) is 13.0 Å². The van der Waals surface area contributed by atoms with Crippen LogP contribution in [0, 0.1) is 12.7 Å². The summed E-state index contributed by atoms with van der Waals surface area (Å²) in [5, 5.41) is 0.511. The summed E-state index contributed by atoms with van der Waals surface area (Å²) in [6.45, 7) is 2.48. The average molecular weight is 334 g/mol. The van der Waals surface area contributed by atoms with Crippen LogP contribution in [0.15, 0.2) is 30.3 Å². The second-order valence-electron chi connectivity index (χ2n) is 5.74. The van der Waals surface area contributed by atoms with Crippen LogP contribution in [-0.4, -0.2) is 24.4 Å². The van der Waals surface area contributed by atoms with Gasteiger partial charge in [0.15, 0.2) is 0 Å². The van der Waals surface area contributed by atoms with Crippen molar-refractivity contribution >= 4 is 17.5 Å². The second kappa shape index (κ2) is 6.20. The van der Waals surface area contributed by atoms with E-state index in [2.05, 4.69) is 0 Å². The first-order valence-electron chi connectivity index (χ1n) is 7.42. The van der Waals surface area contributed by atoms with Crippen molar-refractivity contribution in [1.82, 2.24) is 4.90 Å². The van der Waals surface area contributed by atoms with Crippen molar-refractivity contribution in [1.29, 1.82) is 0 Å². The maximum atomic E-state index is 14.0. The van der Waals surface area contributed by atoms with Gasteiger partial charge < -0.3 is 9.64 Å². The number of likely N-dealkylation sites (N-methyl/N-ethyl adjacent to an activating group) is 1. The number of nitrogens with zero attached hydrogens (tertiary/aromatic N) is 1. The Hall–Kier alpha value is -2.07. The van der Waals surface area contributed by atoms with E-state index >= 15 is 0 Å². The van der Waals surface area contributed by atoms with E-state index in [1.807, 2.05) is 6.07 Å². The predicted octanol–water partition coefficient (Wildman–Crippen LogP) is 3.99. The summed E-state index contributed by atoms with van der Waals surface area (Å²) in [5.41, 5.74) is 2.63. The highest BCUT2D eigenvalue weighted by Gasteiger charge is 2.24. The number of hydrogen-bond acceptors (Lipinski definition) is 2. The van der Waals surface area contributed by atoms with Crippen molar-refractivity contribution in [2.24, 2.45) is 0 Å². The first-order valence-corrected chi connectivity index (χ1v) is 7.80. The number of rotatable bonds is 3.